The number of fused-ring (bicyclic) bond motifs is 1. The van der Waals surface area contributed by atoms with Gasteiger partial charge in [-0.3, -0.25) is 4.79 Å². The monoisotopic (exact) mass is 396 g/mol. The largest absolute Gasteiger partial charge is 0.338 e. The molecule has 0 spiro atoms. The number of carbonyl (C=O) groups is 1. The van der Waals surface area contributed by atoms with Gasteiger partial charge >= 0.3 is 0 Å². The molecule has 0 N–H and O–H groups in total. The Morgan fingerprint density at radius 2 is 1.90 bits per heavy atom. The Morgan fingerprint density at radius 3 is 2.59 bits per heavy atom. The molecule has 0 radical (unpaired) electrons. The first-order valence-electron chi connectivity index (χ1n) is 10.5. The second kappa shape index (κ2) is 7.05. The van der Waals surface area contributed by atoms with Crippen LogP contribution in [0.1, 0.15) is 59.4 Å². The van der Waals surface area contributed by atoms with Gasteiger partial charge in [0, 0.05) is 44.8 Å². The highest BCUT2D eigenvalue weighted by atomic mass is 16.2. The van der Waals surface area contributed by atoms with Crippen molar-refractivity contribution in [1.29, 1.82) is 0 Å². The van der Waals surface area contributed by atoms with Crippen LogP contribution < -0.4 is 4.90 Å². The molecule has 154 valence electrons. The van der Waals surface area contributed by atoms with E-state index in [2.05, 4.69) is 48.5 Å². The van der Waals surface area contributed by atoms with E-state index in [1.165, 1.54) is 12.8 Å². The molecule has 2 aromatic rings. The molecule has 29 heavy (non-hydrogen) atoms. The lowest BCUT2D eigenvalue weighted by atomic mass is 10.1. The molecule has 1 atom stereocenters. The molecule has 2 aromatic heterocycles. The summed E-state index contributed by atoms with van der Waals surface area (Å²) in [5, 5.41) is 8.78. The predicted molar refractivity (Wildman–Crippen MR) is 108 cm³/mol. The standard InChI is InChI=1S/C20H28N8O/c1-13-11-27(12-17-23-24-18(28(13)17)15-4-5-15)19(29)16-10-21-20(22-14(16)2)26-8-6-25(3)7-9-26/h10,13,15H,4-9,11-12H2,1-3H3/t13-/m0/s1. The molecule has 5 rings (SSSR count). The lowest BCUT2D eigenvalue weighted by molar-refractivity contribution is 0.0678. The number of hydrogen-bond acceptors (Lipinski definition) is 7. The molecule has 1 aliphatic carbocycles. The van der Waals surface area contributed by atoms with Gasteiger partial charge in [-0.1, -0.05) is 0 Å². The second-order valence-corrected chi connectivity index (χ2v) is 8.61. The highest BCUT2D eigenvalue weighted by Gasteiger charge is 2.36. The number of piperazine rings is 1. The van der Waals surface area contributed by atoms with Gasteiger partial charge in [0.1, 0.15) is 5.82 Å². The number of likely N-dealkylation sites (N-methyl/N-ethyl adjacent to an activating group) is 1. The highest BCUT2D eigenvalue weighted by molar-refractivity contribution is 5.95. The molecular weight excluding hydrogens is 368 g/mol. The first kappa shape index (κ1) is 18.5. The quantitative estimate of drug-likeness (QED) is 0.771. The molecule has 2 aliphatic heterocycles. The van der Waals surface area contributed by atoms with Gasteiger partial charge in [0.05, 0.1) is 23.8 Å². The summed E-state index contributed by atoms with van der Waals surface area (Å²) < 4.78 is 2.24. The molecule has 0 unspecified atom stereocenters. The zero-order valence-electron chi connectivity index (χ0n) is 17.4. The Balaban J connectivity index is 1.34. The van der Waals surface area contributed by atoms with Crippen LogP contribution in [0, 0.1) is 6.92 Å². The van der Waals surface area contributed by atoms with Crippen LogP contribution in [0.15, 0.2) is 6.20 Å². The summed E-state index contributed by atoms with van der Waals surface area (Å²) in [4.78, 5) is 28.7. The van der Waals surface area contributed by atoms with E-state index in [1.807, 2.05) is 11.8 Å². The third-order valence-electron chi connectivity index (χ3n) is 6.26. The van der Waals surface area contributed by atoms with Gasteiger partial charge in [0.2, 0.25) is 5.95 Å². The summed E-state index contributed by atoms with van der Waals surface area (Å²) in [6.07, 6.45) is 4.09. The highest BCUT2D eigenvalue weighted by Crippen LogP contribution is 2.41. The fourth-order valence-electron chi connectivity index (χ4n) is 4.33. The van der Waals surface area contributed by atoms with Crippen molar-refractivity contribution in [1.82, 2.24) is 34.5 Å². The average molecular weight is 396 g/mol. The first-order chi connectivity index (χ1) is 14.0. The maximum absolute atomic E-state index is 13.2. The third kappa shape index (κ3) is 3.37. The van der Waals surface area contributed by atoms with Crippen LogP contribution in [0.5, 0.6) is 0 Å². The number of aryl methyl sites for hydroxylation is 1. The van der Waals surface area contributed by atoms with Gasteiger partial charge in [0.15, 0.2) is 5.82 Å². The number of hydrogen-bond donors (Lipinski definition) is 0. The zero-order valence-corrected chi connectivity index (χ0v) is 17.4. The van der Waals surface area contributed by atoms with Gasteiger partial charge in [-0.15, -0.1) is 10.2 Å². The van der Waals surface area contributed by atoms with E-state index in [1.54, 1.807) is 6.20 Å². The zero-order chi connectivity index (χ0) is 20.1. The van der Waals surface area contributed by atoms with E-state index in [4.69, 9.17) is 0 Å². The van der Waals surface area contributed by atoms with Crippen molar-refractivity contribution < 1.29 is 4.79 Å². The van der Waals surface area contributed by atoms with Gasteiger partial charge in [-0.05, 0) is 33.7 Å². The van der Waals surface area contributed by atoms with E-state index in [0.29, 0.717) is 30.5 Å². The van der Waals surface area contributed by atoms with Crippen LogP contribution in [0.25, 0.3) is 0 Å². The number of carbonyl (C=O) groups excluding carboxylic acids is 1. The minimum atomic E-state index is -0.0264. The van der Waals surface area contributed by atoms with Crippen molar-refractivity contribution in [3.8, 4) is 0 Å². The van der Waals surface area contributed by atoms with Crippen molar-refractivity contribution in [3.05, 3.63) is 29.1 Å². The molecular formula is C20H28N8O. The lowest BCUT2D eigenvalue weighted by Gasteiger charge is -2.33. The minimum Gasteiger partial charge on any atom is -0.338 e. The average Bonchev–Trinajstić information content (AvgIpc) is 3.47. The molecule has 1 amide bonds. The second-order valence-electron chi connectivity index (χ2n) is 8.61. The maximum atomic E-state index is 13.2. The van der Waals surface area contributed by atoms with E-state index in [9.17, 15) is 4.79 Å². The van der Waals surface area contributed by atoms with Crippen LogP contribution >= 0.6 is 0 Å². The van der Waals surface area contributed by atoms with E-state index in [0.717, 1.165) is 43.5 Å². The number of anilines is 1. The fraction of sp³-hybridized carbons (Fsp3) is 0.650. The minimum absolute atomic E-state index is 0.0264. The molecule has 9 heteroatoms. The molecule has 1 saturated carbocycles. The Kier molecular flexibility index (Phi) is 4.49. The van der Waals surface area contributed by atoms with Gasteiger partial charge < -0.3 is 19.3 Å². The molecule has 0 bridgehead atoms. The molecule has 2 fully saturated rings. The molecule has 3 aliphatic rings. The maximum Gasteiger partial charge on any atom is 0.257 e. The smallest absolute Gasteiger partial charge is 0.257 e. The predicted octanol–water partition coefficient (Wildman–Crippen LogP) is 1.22. The summed E-state index contributed by atoms with van der Waals surface area (Å²) in [6, 6.07) is 0.180. The van der Waals surface area contributed by atoms with E-state index < -0.39 is 0 Å². The normalized spacial score (nSPS) is 22.7. The number of nitrogens with zero attached hydrogens (tertiary/aromatic N) is 8. The van der Waals surface area contributed by atoms with Crippen molar-refractivity contribution in [2.45, 2.75) is 45.2 Å². The van der Waals surface area contributed by atoms with Crippen molar-refractivity contribution in [3.63, 3.8) is 0 Å². The SMILES string of the molecule is Cc1nc(N2CCN(C)CC2)ncc1C(=O)N1Cc2nnc(C3CC3)n2[C@@H](C)C1. The van der Waals surface area contributed by atoms with Crippen LogP contribution in [0.4, 0.5) is 5.95 Å². The Morgan fingerprint density at radius 1 is 1.14 bits per heavy atom. The summed E-state index contributed by atoms with van der Waals surface area (Å²) in [6.45, 7) is 8.99. The van der Waals surface area contributed by atoms with E-state index in [-0.39, 0.29) is 11.9 Å². The lowest BCUT2D eigenvalue weighted by Crippen LogP contribution is -2.45. The number of rotatable bonds is 3. The van der Waals surface area contributed by atoms with Crippen LogP contribution in [0.2, 0.25) is 0 Å². The van der Waals surface area contributed by atoms with Gasteiger partial charge in [-0.25, -0.2) is 9.97 Å². The van der Waals surface area contributed by atoms with Crippen molar-refractivity contribution in [2.24, 2.45) is 0 Å². The third-order valence-corrected chi connectivity index (χ3v) is 6.26. The van der Waals surface area contributed by atoms with Crippen molar-refractivity contribution >= 4 is 11.9 Å². The van der Waals surface area contributed by atoms with E-state index >= 15 is 0 Å². The number of aromatic nitrogens is 5. The first-order valence-corrected chi connectivity index (χ1v) is 10.5. The summed E-state index contributed by atoms with van der Waals surface area (Å²) in [5.74, 6) is 3.22. The van der Waals surface area contributed by atoms with Gasteiger partial charge in [0.25, 0.3) is 5.91 Å². The summed E-state index contributed by atoms with van der Waals surface area (Å²) in [7, 11) is 2.12. The van der Waals surface area contributed by atoms with Crippen LogP contribution in [-0.4, -0.2) is 80.2 Å². The number of amides is 1. The summed E-state index contributed by atoms with van der Waals surface area (Å²) in [5.41, 5.74) is 1.31. The summed E-state index contributed by atoms with van der Waals surface area (Å²) >= 11 is 0. The van der Waals surface area contributed by atoms with Gasteiger partial charge in [-0.2, -0.15) is 0 Å². The molecule has 1 saturated heterocycles. The van der Waals surface area contributed by atoms with Crippen LogP contribution in [0.3, 0.4) is 0 Å². The van der Waals surface area contributed by atoms with Crippen molar-refractivity contribution in [2.75, 3.05) is 44.7 Å². The molecule has 4 heterocycles. The Labute approximate surface area is 170 Å². The molecule has 0 aromatic carbocycles. The molecule has 9 nitrogen and oxygen atoms in total. The van der Waals surface area contributed by atoms with Crippen LogP contribution in [-0.2, 0) is 6.54 Å². The Hall–Kier alpha value is -2.55. The fourth-order valence-corrected chi connectivity index (χ4v) is 4.33. The topological polar surface area (TPSA) is 83.3 Å². The Bertz CT molecular complexity index is 929.